The van der Waals surface area contributed by atoms with Gasteiger partial charge in [-0.3, -0.25) is 29.0 Å². The van der Waals surface area contributed by atoms with Gasteiger partial charge in [-0.1, -0.05) is 23.3 Å². The van der Waals surface area contributed by atoms with Gasteiger partial charge in [0.25, 0.3) is 0 Å². The minimum absolute atomic E-state index is 0.0734. The van der Waals surface area contributed by atoms with Crippen LogP contribution in [0.25, 0.3) is 0 Å². The third-order valence-corrected chi connectivity index (χ3v) is 8.01. The molecule has 2 aliphatic carbocycles. The Morgan fingerprint density at radius 2 is 1.56 bits per heavy atom. The molecule has 4 aliphatic rings. The van der Waals surface area contributed by atoms with Crippen molar-refractivity contribution in [3.63, 3.8) is 0 Å². The van der Waals surface area contributed by atoms with E-state index in [0.29, 0.717) is 18.4 Å². The first-order chi connectivity index (χ1) is 15.2. The fraction of sp³-hybridized carbons (Fsp3) is 0.478. The minimum Gasteiger partial charge on any atom is -0.503 e. The van der Waals surface area contributed by atoms with Crippen molar-refractivity contribution < 1.29 is 29.0 Å². The van der Waals surface area contributed by atoms with E-state index in [0.717, 1.165) is 10.5 Å². The lowest BCUT2D eigenvalue weighted by Gasteiger charge is -2.44. The number of hydrogen-bond acceptors (Lipinski definition) is 6. The first-order valence-corrected chi connectivity index (χ1v) is 10.9. The highest BCUT2D eigenvalue weighted by atomic mass is 35.5. The first-order valence-electron chi connectivity index (χ1n) is 10.6. The Balaban J connectivity index is 1.69. The molecule has 0 spiro atoms. The second kappa shape index (κ2) is 7.07. The Labute approximate surface area is 189 Å². The number of nitrogens with zero attached hydrogens (tertiary/aromatic N) is 2. The number of halogens is 1. The molecule has 168 valence electrons. The molecule has 1 N–H and O–H groups in total. The number of imide groups is 2. The topological polar surface area (TPSA) is 104 Å². The maximum Gasteiger partial charge on any atom is 0.233 e. The maximum atomic E-state index is 13.1. The van der Waals surface area contributed by atoms with Crippen LogP contribution in [0, 0.1) is 29.6 Å². The van der Waals surface area contributed by atoms with E-state index >= 15 is 0 Å². The number of phenols is 1. The number of likely N-dealkylation sites (tertiary alicyclic amines) is 2. The van der Waals surface area contributed by atoms with Gasteiger partial charge in [0.15, 0.2) is 11.5 Å². The van der Waals surface area contributed by atoms with Crippen molar-refractivity contribution in [2.24, 2.45) is 29.6 Å². The number of methoxy groups -OCH3 is 1. The van der Waals surface area contributed by atoms with E-state index in [1.807, 2.05) is 6.08 Å². The van der Waals surface area contributed by atoms with Gasteiger partial charge in [-0.25, -0.2) is 0 Å². The highest BCUT2D eigenvalue weighted by Crippen LogP contribution is 2.58. The smallest absolute Gasteiger partial charge is 0.233 e. The molecule has 1 aromatic rings. The zero-order valence-corrected chi connectivity index (χ0v) is 18.6. The fourth-order valence-corrected chi connectivity index (χ4v) is 6.43. The predicted molar refractivity (Wildman–Crippen MR) is 113 cm³/mol. The second-order valence-corrected chi connectivity index (χ2v) is 9.46. The molecular formula is C23H23ClN2O6. The summed E-state index contributed by atoms with van der Waals surface area (Å²) in [5.74, 6) is -4.08. The van der Waals surface area contributed by atoms with Crippen LogP contribution in [0.5, 0.6) is 11.5 Å². The summed E-state index contributed by atoms with van der Waals surface area (Å²) in [6.07, 6.45) is 2.71. The molecule has 0 bridgehead atoms. The molecule has 0 unspecified atom stereocenters. The molecule has 0 radical (unpaired) electrons. The number of hydrogen-bond donors (Lipinski definition) is 1. The molecular weight excluding hydrogens is 436 g/mol. The predicted octanol–water partition coefficient (Wildman–Crippen LogP) is 1.95. The lowest BCUT2D eigenvalue weighted by molar-refractivity contribution is -0.140. The summed E-state index contributed by atoms with van der Waals surface area (Å²) in [4.78, 5) is 54.1. The second-order valence-electron chi connectivity index (χ2n) is 9.05. The van der Waals surface area contributed by atoms with Gasteiger partial charge in [-0.2, -0.15) is 0 Å². The van der Waals surface area contributed by atoms with Gasteiger partial charge in [0.1, 0.15) is 0 Å². The Bertz CT molecular complexity index is 1110. The van der Waals surface area contributed by atoms with Crippen LogP contribution in [0.2, 0.25) is 5.02 Å². The number of carbonyl (C=O) groups excluding carboxylic acids is 4. The molecule has 1 aromatic carbocycles. The SMILES string of the molecule is COc1cc([C@H]2C3=CC[C@@H]4C(=O)N(C)C(=O)[C@@H]4[C@@H]3C[C@H]3C(=O)N(C)C(=O)[C@@H]23)cc(Cl)c1O. The Hall–Kier alpha value is -2.87. The normalized spacial score (nSPS) is 33.8. The quantitative estimate of drug-likeness (QED) is 0.536. The average molecular weight is 459 g/mol. The number of phenolic OH excluding ortho intramolecular Hbond substituents is 1. The van der Waals surface area contributed by atoms with Crippen LogP contribution in [0.1, 0.15) is 24.3 Å². The summed E-state index contributed by atoms with van der Waals surface area (Å²) in [6.45, 7) is 0. The summed E-state index contributed by atoms with van der Waals surface area (Å²) in [5.41, 5.74) is 1.51. The molecule has 4 amide bonds. The van der Waals surface area contributed by atoms with E-state index in [1.54, 1.807) is 12.1 Å². The summed E-state index contributed by atoms with van der Waals surface area (Å²) >= 11 is 6.26. The number of rotatable bonds is 2. The van der Waals surface area contributed by atoms with Crippen LogP contribution in [0.15, 0.2) is 23.8 Å². The van der Waals surface area contributed by atoms with Gasteiger partial charge in [0.2, 0.25) is 23.6 Å². The van der Waals surface area contributed by atoms with Gasteiger partial charge in [-0.15, -0.1) is 0 Å². The largest absolute Gasteiger partial charge is 0.503 e. The molecule has 0 aromatic heterocycles. The first kappa shape index (κ1) is 21.0. The summed E-state index contributed by atoms with van der Waals surface area (Å²) in [5, 5.41) is 10.3. The number of amides is 4. The highest BCUT2D eigenvalue weighted by molar-refractivity contribution is 6.32. The van der Waals surface area contributed by atoms with Crippen molar-refractivity contribution in [2.75, 3.05) is 21.2 Å². The number of ether oxygens (including phenoxy) is 1. The third kappa shape index (κ3) is 2.62. The number of aromatic hydroxyl groups is 1. The minimum atomic E-state index is -0.637. The van der Waals surface area contributed by atoms with Crippen molar-refractivity contribution >= 4 is 35.2 Å². The Morgan fingerprint density at radius 3 is 2.22 bits per heavy atom. The van der Waals surface area contributed by atoms with Crippen LogP contribution < -0.4 is 4.74 Å². The molecule has 5 rings (SSSR count). The van der Waals surface area contributed by atoms with Crippen LogP contribution in [0.4, 0.5) is 0 Å². The van der Waals surface area contributed by atoms with E-state index < -0.39 is 29.6 Å². The molecule has 6 atom stereocenters. The van der Waals surface area contributed by atoms with E-state index in [1.165, 1.54) is 26.1 Å². The van der Waals surface area contributed by atoms with Gasteiger partial charge in [0, 0.05) is 20.0 Å². The molecule has 2 aliphatic heterocycles. The van der Waals surface area contributed by atoms with Crippen LogP contribution in [0.3, 0.4) is 0 Å². The van der Waals surface area contributed by atoms with Crippen LogP contribution in [-0.2, 0) is 19.2 Å². The molecule has 2 saturated heterocycles. The Kier molecular flexibility index (Phi) is 4.64. The average Bonchev–Trinajstić information content (AvgIpc) is 3.14. The van der Waals surface area contributed by atoms with Crippen molar-refractivity contribution in [1.29, 1.82) is 0 Å². The number of fused-ring (bicyclic) bond motifs is 4. The fourth-order valence-electron chi connectivity index (χ4n) is 6.21. The zero-order valence-electron chi connectivity index (χ0n) is 17.9. The highest BCUT2D eigenvalue weighted by Gasteiger charge is 2.61. The number of benzene rings is 1. The molecule has 32 heavy (non-hydrogen) atoms. The zero-order chi connectivity index (χ0) is 23.1. The van der Waals surface area contributed by atoms with Crippen molar-refractivity contribution in [3.8, 4) is 11.5 Å². The monoisotopic (exact) mass is 458 g/mol. The van der Waals surface area contributed by atoms with E-state index in [-0.39, 0.29) is 46.1 Å². The summed E-state index contributed by atoms with van der Waals surface area (Å²) in [7, 11) is 4.38. The number of carbonyl (C=O) groups is 4. The van der Waals surface area contributed by atoms with Gasteiger partial charge in [-0.05, 0) is 36.5 Å². The number of allylic oxidation sites excluding steroid dienone is 2. The van der Waals surface area contributed by atoms with Crippen LogP contribution >= 0.6 is 11.6 Å². The van der Waals surface area contributed by atoms with Gasteiger partial charge >= 0.3 is 0 Å². The summed E-state index contributed by atoms with van der Waals surface area (Å²) < 4.78 is 5.27. The van der Waals surface area contributed by atoms with Crippen molar-refractivity contribution in [2.45, 2.75) is 18.8 Å². The van der Waals surface area contributed by atoms with E-state index in [2.05, 4.69) is 0 Å². The van der Waals surface area contributed by atoms with Crippen molar-refractivity contribution in [1.82, 2.24) is 9.80 Å². The molecule has 2 heterocycles. The Morgan fingerprint density at radius 1 is 0.938 bits per heavy atom. The lowest BCUT2D eigenvalue weighted by atomic mass is 9.57. The van der Waals surface area contributed by atoms with Crippen LogP contribution in [-0.4, -0.2) is 59.7 Å². The van der Waals surface area contributed by atoms with Gasteiger partial charge < -0.3 is 9.84 Å². The van der Waals surface area contributed by atoms with E-state index in [9.17, 15) is 24.3 Å². The summed E-state index contributed by atoms with van der Waals surface area (Å²) in [6, 6.07) is 3.21. The molecule has 1 saturated carbocycles. The molecule has 3 fully saturated rings. The maximum absolute atomic E-state index is 13.1. The third-order valence-electron chi connectivity index (χ3n) is 7.72. The van der Waals surface area contributed by atoms with Gasteiger partial charge in [0.05, 0.1) is 35.8 Å². The molecule has 9 heteroatoms. The lowest BCUT2D eigenvalue weighted by Crippen LogP contribution is -2.42. The van der Waals surface area contributed by atoms with Crippen molar-refractivity contribution in [3.05, 3.63) is 34.4 Å². The standard InChI is InChI=1S/C23H23ClN2O6/c1-25-20(28)11-5-4-10-12(17(11)22(25)30)8-13-18(23(31)26(2)21(13)29)16(10)9-6-14(24)19(27)15(7-9)32-3/h4,6-7,11-13,16-18,27H,5,8H2,1-3H3/t11-,12+,13+,16-,17-,18+/m0/s1. The van der Waals surface area contributed by atoms with E-state index in [4.69, 9.17) is 16.3 Å². The molecule has 8 nitrogen and oxygen atoms in total.